The van der Waals surface area contributed by atoms with Crippen molar-refractivity contribution < 1.29 is 0 Å². The Morgan fingerprint density at radius 2 is 0.745 bits per heavy atom. The molecule has 0 unspecified atom stereocenters. The first kappa shape index (κ1) is 33.0. The van der Waals surface area contributed by atoms with Crippen LogP contribution in [0.15, 0.2) is 200 Å². The molecule has 0 aliphatic heterocycles. The Kier molecular flexibility index (Phi) is 8.57. The average Bonchev–Trinajstić information content (AvgIpc) is 3.58. The molecule has 0 amide bonds. The van der Waals surface area contributed by atoms with Gasteiger partial charge in [-0.2, -0.15) is 10.5 Å². The summed E-state index contributed by atoms with van der Waals surface area (Å²) in [7, 11) is 0. The molecule has 0 N–H and O–H groups in total. The van der Waals surface area contributed by atoms with Gasteiger partial charge in [0, 0.05) is 56.1 Å². The van der Waals surface area contributed by atoms with Crippen molar-refractivity contribution in [2.75, 3.05) is 9.80 Å². The Morgan fingerprint density at radius 1 is 0.364 bits per heavy atom. The second kappa shape index (κ2) is 14.3. The van der Waals surface area contributed by atoms with Crippen LogP contribution in [0.2, 0.25) is 0 Å². The minimum Gasteiger partial charge on any atom is -0.310 e. The van der Waals surface area contributed by atoms with Crippen LogP contribution in [0, 0.1) is 22.7 Å². The van der Waals surface area contributed by atoms with E-state index in [-0.39, 0.29) is 0 Å². The van der Waals surface area contributed by atoms with Gasteiger partial charge < -0.3 is 14.4 Å². The standard InChI is InChI=1S/C50H33N5/c51-34-37-14-13-15-38(35-52)50(37)36-24-26-43(27-25-36)55-48-30-28-44(53(39-16-5-1-6-17-39)40-18-7-2-8-19-40)32-46(48)47-33-45(29-31-49(47)55)54(41-20-9-3-10-21-41)42-22-11-4-12-23-42/h1-33H. The Hall–Kier alpha value is -7.86. The second-order valence-electron chi connectivity index (χ2n) is 13.2. The Bertz CT molecular complexity index is 2620. The lowest BCUT2D eigenvalue weighted by molar-refractivity contribution is 1.18. The zero-order chi connectivity index (χ0) is 37.1. The summed E-state index contributed by atoms with van der Waals surface area (Å²) < 4.78 is 2.30. The van der Waals surface area contributed by atoms with Gasteiger partial charge >= 0.3 is 0 Å². The van der Waals surface area contributed by atoms with Gasteiger partial charge in [-0.05, 0) is 115 Å². The van der Waals surface area contributed by atoms with E-state index in [9.17, 15) is 10.5 Å². The van der Waals surface area contributed by atoms with Crippen LogP contribution < -0.4 is 9.80 Å². The zero-order valence-electron chi connectivity index (χ0n) is 29.8. The summed E-state index contributed by atoms with van der Waals surface area (Å²) >= 11 is 0. The molecule has 0 saturated carbocycles. The van der Waals surface area contributed by atoms with Crippen LogP contribution in [0.5, 0.6) is 0 Å². The number of nitriles is 2. The van der Waals surface area contributed by atoms with Crippen molar-refractivity contribution in [3.63, 3.8) is 0 Å². The zero-order valence-corrected chi connectivity index (χ0v) is 29.8. The van der Waals surface area contributed by atoms with E-state index in [2.05, 4.69) is 172 Å². The van der Waals surface area contributed by atoms with Crippen molar-refractivity contribution in [3.8, 4) is 29.0 Å². The number of fused-ring (bicyclic) bond motifs is 3. The van der Waals surface area contributed by atoms with Crippen molar-refractivity contribution in [1.29, 1.82) is 10.5 Å². The van der Waals surface area contributed by atoms with Gasteiger partial charge in [0.1, 0.15) is 0 Å². The molecule has 55 heavy (non-hydrogen) atoms. The average molecular weight is 704 g/mol. The fourth-order valence-electron chi connectivity index (χ4n) is 7.59. The quantitative estimate of drug-likeness (QED) is 0.158. The largest absolute Gasteiger partial charge is 0.310 e. The first-order valence-electron chi connectivity index (χ1n) is 18.1. The van der Waals surface area contributed by atoms with E-state index in [1.165, 1.54) is 0 Å². The van der Waals surface area contributed by atoms with Crippen LogP contribution in [0.25, 0.3) is 38.6 Å². The topological polar surface area (TPSA) is 59.0 Å². The maximum Gasteiger partial charge on any atom is 0.0998 e. The Morgan fingerprint density at radius 3 is 1.11 bits per heavy atom. The molecular weight excluding hydrogens is 671 g/mol. The predicted octanol–water partition coefficient (Wildman–Crippen LogP) is 13.1. The third kappa shape index (κ3) is 6.03. The van der Waals surface area contributed by atoms with Crippen LogP contribution in [0.3, 0.4) is 0 Å². The van der Waals surface area contributed by atoms with Crippen molar-refractivity contribution in [2.24, 2.45) is 0 Å². The summed E-state index contributed by atoms with van der Waals surface area (Å²) in [4.78, 5) is 4.59. The van der Waals surface area contributed by atoms with Gasteiger partial charge in [-0.1, -0.05) is 91.0 Å². The van der Waals surface area contributed by atoms with Gasteiger partial charge in [0.2, 0.25) is 0 Å². The first-order valence-corrected chi connectivity index (χ1v) is 18.1. The number of aromatic nitrogens is 1. The van der Waals surface area contributed by atoms with Gasteiger partial charge in [0.05, 0.1) is 34.3 Å². The molecule has 258 valence electrons. The molecule has 8 aromatic carbocycles. The fraction of sp³-hybridized carbons (Fsp3) is 0. The lowest BCUT2D eigenvalue weighted by Crippen LogP contribution is -2.09. The van der Waals surface area contributed by atoms with E-state index >= 15 is 0 Å². The second-order valence-corrected chi connectivity index (χ2v) is 13.2. The Labute approximate surface area is 320 Å². The van der Waals surface area contributed by atoms with Gasteiger partial charge in [0.25, 0.3) is 0 Å². The van der Waals surface area contributed by atoms with Crippen molar-refractivity contribution in [3.05, 3.63) is 211 Å². The van der Waals surface area contributed by atoms with E-state index in [1.54, 1.807) is 18.2 Å². The highest BCUT2D eigenvalue weighted by Crippen LogP contribution is 2.43. The maximum absolute atomic E-state index is 9.88. The summed E-state index contributed by atoms with van der Waals surface area (Å²) in [5.41, 5.74) is 11.9. The summed E-state index contributed by atoms with van der Waals surface area (Å²) in [6, 6.07) is 73.2. The number of para-hydroxylation sites is 4. The molecule has 0 saturated heterocycles. The van der Waals surface area contributed by atoms with Crippen molar-refractivity contribution in [2.45, 2.75) is 0 Å². The molecule has 0 aliphatic rings. The summed E-state index contributed by atoms with van der Waals surface area (Å²) in [5.74, 6) is 0. The van der Waals surface area contributed by atoms with Gasteiger partial charge in [0.15, 0.2) is 0 Å². The minimum atomic E-state index is 0.478. The molecule has 0 spiro atoms. The first-order chi connectivity index (χ1) is 27.2. The highest BCUT2D eigenvalue weighted by atomic mass is 15.1. The number of hydrogen-bond acceptors (Lipinski definition) is 4. The molecule has 9 aromatic rings. The molecule has 0 radical (unpaired) electrons. The van der Waals surface area contributed by atoms with Crippen LogP contribution >= 0.6 is 0 Å². The summed E-state index contributed by atoms with van der Waals surface area (Å²) in [6.45, 7) is 0. The van der Waals surface area contributed by atoms with E-state index in [1.807, 2.05) is 36.4 Å². The highest BCUT2D eigenvalue weighted by Gasteiger charge is 2.20. The number of rotatable bonds is 8. The smallest absolute Gasteiger partial charge is 0.0998 e. The normalized spacial score (nSPS) is 10.9. The summed E-state index contributed by atoms with van der Waals surface area (Å²) in [5, 5.41) is 22.0. The summed E-state index contributed by atoms with van der Waals surface area (Å²) in [6.07, 6.45) is 0. The van der Waals surface area contributed by atoms with E-state index in [4.69, 9.17) is 0 Å². The maximum atomic E-state index is 9.88. The molecule has 0 fully saturated rings. The van der Waals surface area contributed by atoms with E-state index in [0.29, 0.717) is 16.7 Å². The fourth-order valence-corrected chi connectivity index (χ4v) is 7.59. The molecule has 5 nitrogen and oxygen atoms in total. The molecule has 9 rings (SSSR count). The van der Waals surface area contributed by atoms with E-state index < -0.39 is 0 Å². The molecule has 1 heterocycles. The molecule has 0 aliphatic carbocycles. The monoisotopic (exact) mass is 703 g/mol. The highest BCUT2D eigenvalue weighted by molar-refractivity contribution is 6.12. The number of hydrogen-bond donors (Lipinski definition) is 0. The number of anilines is 6. The van der Waals surface area contributed by atoms with Crippen LogP contribution in [-0.2, 0) is 0 Å². The number of nitrogens with zero attached hydrogens (tertiary/aromatic N) is 5. The van der Waals surface area contributed by atoms with Gasteiger partial charge in [-0.25, -0.2) is 0 Å². The van der Waals surface area contributed by atoms with Crippen LogP contribution in [-0.4, -0.2) is 4.57 Å². The number of benzene rings is 8. The molecular formula is C50H33N5. The SMILES string of the molecule is N#Cc1cccc(C#N)c1-c1ccc(-n2c3ccc(N(c4ccccc4)c4ccccc4)cc3c3cc(N(c4ccccc4)c4ccccc4)ccc32)cc1. The predicted molar refractivity (Wildman–Crippen MR) is 225 cm³/mol. The Balaban J connectivity index is 1.28. The van der Waals surface area contributed by atoms with Gasteiger partial charge in [-0.3, -0.25) is 0 Å². The molecule has 0 atom stereocenters. The molecule has 1 aromatic heterocycles. The van der Waals surface area contributed by atoms with Gasteiger partial charge in [-0.15, -0.1) is 0 Å². The third-order valence-electron chi connectivity index (χ3n) is 10.0. The lowest BCUT2D eigenvalue weighted by atomic mass is 9.95. The molecule has 0 bridgehead atoms. The van der Waals surface area contributed by atoms with Crippen molar-refractivity contribution >= 4 is 55.9 Å². The van der Waals surface area contributed by atoms with Crippen molar-refractivity contribution in [1.82, 2.24) is 4.57 Å². The molecule has 5 heteroatoms. The minimum absolute atomic E-state index is 0.478. The third-order valence-corrected chi connectivity index (χ3v) is 10.0. The van der Waals surface area contributed by atoms with E-state index in [0.717, 1.165) is 67.2 Å². The lowest BCUT2D eigenvalue weighted by Gasteiger charge is -2.26. The van der Waals surface area contributed by atoms with Crippen LogP contribution in [0.1, 0.15) is 11.1 Å². The van der Waals surface area contributed by atoms with Crippen LogP contribution in [0.4, 0.5) is 34.1 Å².